The fourth-order valence-corrected chi connectivity index (χ4v) is 0.230. The van der Waals surface area contributed by atoms with Crippen molar-refractivity contribution in [1.29, 1.82) is 0 Å². The van der Waals surface area contributed by atoms with Crippen molar-refractivity contribution in [3.63, 3.8) is 0 Å². The average Bonchev–Trinajstić information content (AvgIpc) is 1.82. The van der Waals surface area contributed by atoms with Crippen LogP contribution in [0.25, 0.3) is 0 Å². The van der Waals surface area contributed by atoms with Crippen LogP contribution in [0.2, 0.25) is 0 Å². The van der Waals surface area contributed by atoms with Gasteiger partial charge in [0.25, 0.3) is 0 Å². The predicted octanol–water partition coefficient (Wildman–Crippen LogP) is 1.64. The first-order chi connectivity index (χ1) is 4.18. The summed E-state index contributed by atoms with van der Waals surface area (Å²) in [6.45, 7) is 6.77. The van der Waals surface area contributed by atoms with E-state index in [2.05, 4.69) is 11.3 Å². The van der Waals surface area contributed by atoms with Gasteiger partial charge in [-0.1, -0.05) is 12.7 Å². The van der Waals surface area contributed by atoms with Crippen LogP contribution in [0, 0.1) is 0 Å². The third-order valence-corrected chi connectivity index (χ3v) is 0.660. The van der Waals surface area contributed by atoms with Crippen molar-refractivity contribution in [3.8, 4) is 0 Å². The second kappa shape index (κ2) is 3.89. The normalized spacial score (nSPS) is 9.56. The van der Waals surface area contributed by atoms with E-state index in [1.165, 1.54) is 6.26 Å². The molecule has 0 aromatic heterocycles. The topological polar surface area (TPSA) is 26.3 Å². The SMILES string of the molecule is C=C(C)C(=O)OC=CC. The van der Waals surface area contributed by atoms with Crippen molar-refractivity contribution in [2.45, 2.75) is 13.8 Å². The van der Waals surface area contributed by atoms with E-state index in [-0.39, 0.29) is 5.97 Å². The smallest absolute Gasteiger partial charge is 0.337 e. The molecule has 0 fully saturated rings. The van der Waals surface area contributed by atoms with Gasteiger partial charge in [-0.05, 0) is 13.8 Å². The van der Waals surface area contributed by atoms with Crippen molar-refractivity contribution < 1.29 is 9.53 Å². The quantitative estimate of drug-likeness (QED) is 0.319. The van der Waals surface area contributed by atoms with Gasteiger partial charge in [-0.3, -0.25) is 0 Å². The highest BCUT2D eigenvalue weighted by molar-refractivity contribution is 5.87. The molecule has 0 rings (SSSR count). The molecule has 0 bridgehead atoms. The highest BCUT2D eigenvalue weighted by Crippen LogP contribution is 1.91. The Labute approximate surface area is 54.8 Å². The lowest BCUT2D eigenvalue weighted by Gasteiger charge is -1.93. The molecular weight excluding hydrogens is 116 g/mol. The first kappa shape index (κ1) is 7.95. The lowest BCUT2D eigenvalue weighted by molar-refractivity contribution is -0.133. The number of carbonyl (C=O) groups excluding carboxylic acids is 1. The summed E-state index contributed by atoms with van der Waals surface area (Å²) in [5, 5.41) is 0. The zero-order valence-electron chi connectivity index (χ0n) is 5.68. The molecule has 0 radical (unpaired) electrons. The number of esters is 1. The number of hydrogen-bond donors (Lipinski definition) is 0. The van der Waals surface area contributed by atoms with Crippen molar-refractivity contribution >= 4 is 5.97 Å². The maximum atomic E-state index is 10.5. The molecule has 0 unspecified atom stereocenters. The van der Waals surface area contributed by atoms with E-state index in [0.29, 0.717) is 5.57 Å². The Hall–Kier alpha value is -1.05. The molecule has 0 aliphatic rings. The maximum Gasteiger partial charge on any atom is 0.337 e. The van der Waals surface area contributed by atoms with Gasteiger partial charge in [-0.2, -0.15) is 0 Å². The monoisotopic (exact) mass is 126 g/mol. The third-order valence-electron chi connectivity index (χ3n) is 0.660. The summed E-state index contributed by atoms with van der Waals surface area (Å²) < 4.78 is 4.53. The van der Waals surface area contributed by atoms with Crippen LogP contribution < -0.4 is 0 Å². The van der Waals surface area contributed by atoms with Gasteiger partial charge in [0.2, 0.25) is 0 Å². The molecule has 0 amide bonds. The van der Waals surface area contributed by atoms with Crippen molar-refractivity contribution in [2.24, 2.45) is 0 Å². The molecule has 0 saturated carbocycles. The van der Waals surface area contributed by atoms with Crippen LogP contribution >= 0.6 is 0 Å². The number of rotatable bonds is 2. The molecular formula is C7H10O2. The molecule has 0 heterocycles. The van der Waals surface area contributed by atoms with Gasteiger partial charge in [0.1, 0.15) is 0 Å². The first-order valence-corrected chi connectivity index (χ1v) is 2.66. The van der Waals surface area contributed by atoms with Gasteiger partial charge >= 0.3 is 5.97 Å². The first-order valence-electron chi connectivity index (χ1n) is 2.66. The van der Waals surface area contributed by atoms with Crippen LogP contribution in [0.15, 0.2) is 24.5 Å². The number of carbonyl (C=O) groups is 1. The zero-order valence-corrected chi connectivity index (χ0v) is 5.68. The molecule has 2 heteroatoms. The molecule has 0 aromatic carbocycles. The maximum absolute atomic E-state index is 10.5. The molecule has 0 N–H and O–H groups in total. The minimum atomic E-state index is -0.381. The van der Waals surface area contributed by atoms with Crippen LogP contribution in [0.5, 0.6) is 0 Å². The van der Waals surface area contributed by atoms with Gasteiger partial charge in [0.15, 0.2) is 0 Å². The highest BCUT2D eigenvalue weighted by Gasteiger charge is 1.97. The van der Waals surface area contributed by atoms with Crippen molar-refractivity contribution in [3.05, 3.63) is 24.5 Å². The van der Waals surface area contributed by atoms with Gasteiger partial charge in [0, 0.05) is 5.57 Å². The van der Waals surface area contributed by atoms with Gasteiger partial charge < -0.3 is 4.74 Å². The van der Waals surface area contributed by atoms with Gasteiger partial charge in [-0.25, -0.2) is 4.79 Å². The molecule has 0 aromatic rings. The lowest BCUT2D eigenvalue weighted by Crippen LogP contribution is -1.98. The minimum Gasteiger partial charge on any atom is -0.432 e. The van der Waals surface area contributed by atoms with E-state index in [9.17, 15) is 4.79 Å². The van der Waals surface area contributed by atoms with E-state index in [1.807, 2.05) is 0 Å². The van der Waals surface area contributed by atoms with Crippen LogP contribution in [0.1, 0.15) is 13.8 Å². The van der Waals surface area contributed by atoms with E-state index >= 15 is 0 Å². The Balaban J connectivity index is 3.65. The molecule has 2 nitrogen and oxygen atoms in total. The third kappa shape index (κ3) is 3.53. The van der Waals surface area contributed by atoms with Gasteiger partial charge in [0.05, 0.1) is 6.26 Å². The summed E-state index contributed by atoms with van der Waals surface area (Å²) in [5.41, 5.74) is 0.410. The Morgan fingerprint density at radius 3 is 2.56 bits per heavy atom. The second-order valence-electron chi connectivity index (χ2n) is 1.66. The van der Waals surface area contributed by atoms with Crippen LogP contribution in [-0.4, -0.2) is 5.97 Å². The Bertz CT molecular complexity index is 145. The van der Waals surface area contributed by atoms with Crippen LogP contribution in [0.4, 0.5) is 0 Å². The summed E-state index contributed by atoms with van der Waals surface area (Å²) in [6, 6.07) is 0. The molecule has 50 valence electrons. The molecule has 0 atom stereocenters. The zero-order chi connectivity index (χ0) is 7.28. The van der Waals surface area contributed by atoms with Crippen molar-refractivity contribution in [1.82, 2.24) is 0 Å². The molecule has 0 saturated heterocycles. The molecule has 0 spiro atoms. The van der Waals surface area contributed by atoms with E-state index in [4.69, 9.17) is 0 Å². The van der Waals surface area contributed by atoms with E-state index in [1.54, 1.807) is 19.9 Å². The van der Waals surface area contributed by atoms with Crippen LogP contribution in [-0.2, 0) is 9.53 Å². The Kier molecular flexibility index (Phi) is 3.44. The molecule has 0 aliphatic heterocycles. The summed E-state index contributed by atoms with van der Waals surface area (Å²) in [5.74, 6) is -0.381. The largest absolute Gasteiger partial charge is 0.432 e. The Morgan fingerprint density at radius 2 is 2.22 bits per heavy atom. The standard InChI is InChI=1S/C7H10O2/c1-4-5-9-7(8)6(2)3/h4-5H,2H2,1,3H3. The minimum absolute atomic E-state index is 0.381. The Morgan fingerprint density at radius 1 is 1.67 bits per heavy atom. The summed E-state index contributed by atoms with van der Waals surface area (Å²) >= 11 is 0. The van der Waals surface area contributed by atoms with E-state index in [0.717, 1.165) is 0 Å². The van der Waals surface area contributed by atoms with Crippen molar-refractivity contribution in [2.75, 3.05) is 0 Å². The fourth-order valence-electron chi connectivity index (χ4n) is 0.230. The molecule has 0 aliphatic carbocycles. The fraction of sp³-hybridized carbons (Fsp3) is 0.286. The van der Waals surface area contributed by atoms with Crippen LogP contribution in [0.3, 0.4) is 0 Å². The molecule has 9 heavy (non-hydrogen) atoms. The number of allylic oxidation sites excluding steroid dienone is 1. The summed E-state index contributed by atoms with van der Waals surface area (Å²) in [4.78, 5) is 10.5. The van der Waals surface area contributed by atoms with E-state index < -0.39 is 0 Å². The second-order valence-corrected chi connectivity index (χ2v) is 1.66. The van der Waals surface area contributed by atoms with Gasteiger partial charge in [-0.15, -0.1) is 0 Å². The average molecular weight is 126 g/mol. The number of hydrogen-bond acceptors (Lipinski definition) is 2. The lowest BCUT2D eigenvalue weighted by atomic mass is 10.4. The summed E-state index contributed by atoms with van der Waals surface area (Å²) in [7, 11) is 0. The summed E-state index contributed by atoms with van der Waals surface area (Å²) in [6.07, 6.45) is 2.97. The predicted molar refractivity (Wildman–Crippen MR) is 35.7 cm³/mol. The number of ether oxygens (including phenoxy) is 1. The highest BCUT2D eigenvalue weighted by atomic mass is 16.5.